The Kier molecular flexibility index (Phi) is 4.20. The van der Waals surface area contributed by atoms with E-state index in [2.05, 4.69) is 16.3 Å². The summed E-state index contributed by atoms with van der Waals surface area (Å²) in [6, 6.07) is 2.29. The fraction of sp³-hybridized carbons (Fsp3) is 0.846. The van der Waals surface area contributed by atoms with E-state index in [9.17, 15) is 10.1 Å². The number of carbonyl (C=O) groups is 1. The van der Waals surface area contributed by atoms with E-state index in [-0.39, 0.29) is 12.0 Å². The first kappa shape index (κ1) is 13.3. The molecule has 2 rings (SSSR count). The Bertz CT molecular complexity index is 337. The van der Waals surface area contributed by atoms with Gasteiger partial charge in [0.15, 0.2) is 0 Å². The van der Waals surface area contributed by atoms with Crippen molar-refractivity contribution in [3.05, 3.63) is 0 Å². The molecule has 2 fully saturated rings. The Morgan fingerprint density at radius 2 is 2.28 bits per heavy atom. The second-order valence-corrected chi connectivity index (χ2v) is 5.38. The molecule has 0 aromatic rings. The minimum atomic E-state index is -0.664. The highest BCUT2D eigenvalue weighted by atomic mass is 16.5. The van der Waals surface area contributed by atoms with E-state index in [0.717, 1.165) is 32.5 Å². The predicted molar refractivity (Wildman–Crippen MR) is 66.8 cm³/mol. The number of hydrogen-bond donors (Lipinski definition) is 1. The molecule has 1 amide bonds. The molecule has 18 heavy (non-hydrogen) atoms. The second-order valence-electron chi connectivity index (χ2n) is 5.38. The van der Waals surface area contributed by atoms with E-state index in [0.29, 0.717) is 19.3 Å². The molecule has 1 atom stereocenters. The van der Waals surface area contributed by atoms with Crippen molar-refractivity contribution < 1.29 is 9.53 Å². The molecule has 2 aliphatic heterocycles. The summed E-state index contributed by atoms with van der Waals surface area (Å²) in [4.78, 5) is 14.1. The number of ether oxygens (including phenoxy) is 1. The number of amides is 1. The fourth-order valence-electron chi connectivity index (χ4n) is 2.60. The van der Waals surface area contributed by atoms with Gasteiger partial charge >= 0.3 is 0 Å². The second kappa shape index (κ2) is 5.68. The first-order valence-electron chi connectivity index (χ1n) is 6.66. The van der Waals surface area contributed by atoms with Crippen molar-refractivity contribution >= 4 is 5.91 Å². The first-order chi connectivity index (χ1) is 8.63. The molecule has 0 radical (unpaired) electrons. The van der Waals surface area contributed by atoms with E-state index in [1.54, 1.807) is 0 Å². The largest absolute Gasteiger partial charge is 0.378 e. The lowest BCUT2D eigenvalue weighted by atomic mass is 9.89. The summed E-state index contributed by atoms with van der Waals surface area (Å²) >= 11 is 0. The van der Waals surface area contributed by atoms with Crippen LogP contribution in [-0.4, -0.2) is 49.2 Å². The van der Waals surface area contributed by atoms with Crippen LogP contribution in [0.15, 0.2) is 0 Å². The van der Waals surface area contributed by atoms with Gasteiger partial charge in [-0.05, 0) is 32.7 Å². The number of nitrogens with one attached hydrogen (secondary N) is 1. The van der Waals surface area contributed by atoms with Crippen molar-refractivity contribution in [2.24, 2.45) is 0 Å². The molecule has 5 nitrogen and oxygen atoms in total. The van der Waals surface area contributed by atoms with Gasteiger partial charge in [0.05, 0.1) is 18.6 Å². The number of piperidine rings is 1. The molecule has 100 valence electrons. The maximum atomic E-state index is 12.0. The molecule has 1 unspecified atom stereocenters. The average molecular weight is 251 g/mol. The first-order valence-corrected chi connectivity index (χ1v) is 6.66. The molecule has 0 bridgehead atoms. The zero-order chi connectivity index (χ0) is 13.0. The van der Waals surface area contributed by atoms with Crippen LogP contribution in [0.4, 0.5) is 0 Å². The lowest BCUT2D eigenvalue weighted by Crippen LogP contribution is -2.54. The Hall–Kier alpha value is -1.12. The number of nitrogens with zero attached hydrogens (tertiary/aromatic N) is 2. The summed E-state index contributed by atoms with van der Waals surface area (Å²) < 4.78 is 5.44. The summed E-state index contributed by atoms with van der Waals surface area (Å²) in [6.45, 7) is 2.47. The van der Waals surface area contributed by atoms with Crippen LogP contribution >= 0.6 is 0 Å². The van der Waals surface area contributed by atoms with E-state index >= 15 is 0 Å². The van der Waals surface area contributed by atoms with Crippen molar-refractivity contribution in [1.29, 1.82) is 5.26 Å². The molecule has 1 N–H and O–H groups in total. The molecule has 0 saturated carbocycles. The Morgan fingerprint density at radius 3 is 2.83 bits per heavy atom. The standard InChI is InChI=1S/C13H21N3O2/c1-16-6-4-13(10-14,5-7-16)15-12(17)9-11-3-2-8-18-11/h11H,2-9H2,1H3,(H,15,17). The van der Waals surface area contributed by atoms with Gasteiger partial charge in [0, 0.05) is 19.7 Å². The molecular weight excluding hydrogens is 230 g/mol. The summed E-state index contributed by atoms with van der Waals surface area (Å²) in [6.07, 6.45) is 3.84. The van der Waals surface area contributed by atoms with Crippen molar-refractivity contribution in [3.8, 4) is 6.07 Å². The summed E-state index contributed by atoms with van der Waals surface area (Å²) in [7, 11) is 2.04. The molecule has 5 heteroatoms. The van der Waals surface area contributed by atoms with Crippen LogP contribution in [-0.2, 0) is 9.53 Å². The number of nitriles is 1. The van der Waals surface area contributed by atoms with Gasteiger partial charge in [0.25, 0.3) is 0 Å². The quantitative estimate of drug-likeness (QED) is 0.800. The van der Waals surface area contributed by atoms with Crippen LogP contribution in [0.25, 0.3) is 0 Å². The van der Waals surface area contributed by atoms with Crippen molar-refractivity contribution in [2.75, 3.05) is 26.7 Å². The average Bonchev–Trinajstić information content (AvgIpc) is 2.85. The van der Waals surface area contributed by atoms with Gasteiger partial charge in [-0.3, -0.25) is 4.79 Å². The minimum Gasteiger partial charge on any atom is -0.378 e. The number of rotatable bonds is 3. The smallest absolute Gasteiger partial charge is 0.223 e. The fourth-order valence-corrected chi connectivity index (χ4v) is 2.60. The topological polar surface area (TPSA) is 65.4 Å². The normalized spacial score (nSPS) is 27.7. The van der Waals surface area contributed by atoms with Crippen LogP contribution in [0.2, 0.25) is 0 Å². The number of likely N-dealkylation sites (tertiary alicyclic amines) is 1. The SMILES string of the molecule is CN1CCC(C#N)(NC(=O)CC2CCCO2)CC1. The molecule has 0 spiro atoms. The minimum absolute atomic E-state index is 0.0481. The third kappa shape index (κ3) is 3.21. The molecule has 0 aliphatic carbocycles. The van der Waals surface area contributed by atoms with Crippen molar-refractivity contribution in [1.82, 2.24) is 10.2 Å². The van der Waals surface area contributed by atoms with Crippen LogP contribution in [0.3, 0.4) is 0 Å². The van der Waals surface area contributed by atoms with Crippen molar-refractivity contribution in [2.45, 2.75) is 43.7 Å². The van der Waals surface area contributed by atoms with Gasteiger partial charge in [0.1, 0.15) is 5.54 Å². The maximum Gasteiger partial charge on any atom is 0.223 e. The lowest BCUT2D eigenvalue weighted by molar-refractivity contribution is -0.125. The number of carbonyl (C=O) groups excluding carboxylic acids is 1. The van der Waals surface area contributed by atoms with Crippen molar-refractivity contribution in [3.63, 3.8) is 0 Å². The molecule has 2 saturated heterocycles. The van der Waals surface area contributed by atoms with E-state index in [1.165, 1.54) is 0 Å². The van der Waals surface area contributed by atoms with Gasteiger partial charge < -0.3 is 15.0 Å². The predicted octanol–water partition coefficient (Wildman–Crippen LogP) is 0.660. The summed E-state index contributed by atoms with van der Waals surface area (Å²) in [5, 5.41) is 12.2. The molecule has 0 aromatic heterocycles. The zero-order valence-electron chi connectivity index (χ0n) is 10.9. The van der Waals surface area contributed by atoms with Gasteiger partial charge in [-0.15, -0.1) is 0 Å². The van der Waals surface area contributed by atoms with E-state index in [1.807, 2.05) is 7.05 Å². The highest BCUT2D eigenvalue weighted by molar-refractivity contribution is 5.77. The van der Waals surface area contributed by atoms with Crippen LogP contribution in [0.5, 0.6) is 0 Å². The molecular formula is C13H21N3O2. The van der Waals surface area contributed by atoms with Gasteiger partial charge in [-0.25, -0.2) is 0 Å². The number of hydrogen-bond acceptors (Lipinski definition) is 4. The zero-order valence-corrected chi connectivity index (χ0v) is 10.9. The van der Waals surface area contributed by atoms with Crippen LogP contribution in [0, 0.1) is 11.3 Å². The van der Waals surface area contributed by atoms with Gasteiger partial charge in [0.2, 0.25) is 5.91 Å². The summed E-state index contributed by atoms with van der Waals surface area (Å²) in [5.41, 5.74) is -0.664. The maximum absolute atomic E-state index is 12.0. The van der Waals surface area contributed by atoms with Crippen LogP contribution in [0.1, 0.15) is 32.1 Å². The van der Waals surface area contributed by atoms with Gasteiger partial charge in [-0.2, -0.15) is 5.26 Å². The lowest BCUT2D eigenvalue weighted by Gasteiger charge is -2.36. The Morgan fingerprint density at radius 1 is 1.56 bits per heavy atom. The Labute approximate surface area is 108 Å². The van der Waals surface area contributed by atoms with Gasteiger partial charge in [-0.1, -0.05) is 0 Å². The van der Waals surface area contributed by atoms with E-state index < -0.39 is 5.54 Å². The highest BCUT2D eigenvalue weighted by Gasteiger charge is 2.35. The Balaban J connectivity index is 1.85. The molecule has 0 aromatic carbocycles. The monoisotopic (exact) mass is 251 g/mol. The molecule has 2 heterocycles. The van der Waals surface area contributed by atoms with Crippen LogP contribution < -0.4 is 5.32 Å². The molecule has 2 aliphatic rings. The third-order valence-electron chi connectivity index (χ3n) is 3.87. The van der Waals surface area contributed by atoms with E-state index in [4.69, 9.17) is 4.74 Å². The third-order valence-corrected chi connectivity index (χ3v) is 3.87. The summed E-state index contributed by atoms with van der Waals surface area (Å²) in [5.74, 6) is -0.0481. The highest BCUT2D eigenvalue weighted by Crippen LogP contribution is 2.22.